The third-order valence-electron chi connectivity index (χ3n) is 5.10. The van der Waals surface area contributed by atoms with Crippen molar-refractivity contribution in [2.24, 2.45) is 4.99 Å². The summed E-state index contributed by atoms with van der Waals surface area (Å²) in [5.74, 6) is 1.48. The van der Waals surface area contributed by atoms with E-state index in [1.54, 1.807) is 7.05 Å². The number of aromatic nitrogens is 3. The number of hydrogen-bond donors (Lipinski definition) is 2. The summed E-state index contributed by atoms with van der Waals surface area (Å²) in [6.07, 6.45) is 1.37. The van der Waals surface area contributed by atoms with Crippen LogP contribution in [0.5, 0.6) is 0 Å². The maximum absolute atomic E-state index is 13.2. The van der Waals surface area contributed by atoms with Crippen LogP contribution in [0.1, 0.15) is 48.5 Å². The molecule has 0 aliphatic carbocycles. The molecule has 0 atom stereocenters. The lowest BCUT2D eigenvalue weighted by Crippen LogP contribution is -2.37. The maximum atomic E-state index is 13.2. The van der Waals surface area contributed by atoms with E-state index in [4.69, 9.17) is 0 Å². The Morgan fingerprint density at radius 2 is 2.00 bits per heavy atom. The first-order chi connectivity index (χ1) is 14.4. The number of benzene rings is 1. The molecule has 2 heterocycles. The topological polar surface area (TPSA) is 67.1 Å². The van der Waals surface area contributed by atoms with Crippen LogP contribution in [-0.2, 0) is 32.1 Å². The molecule has 2 N–H and O–H groups in total. The van der Waals surface area contributed by atoms with Crippen molar-refractivity contribution in [3.63, 3.8) is 0 Å². The molecule has 30 heavy (non-hydrogen) atoms. The molecule has 1 aromatic carbocycles. The number of halogens is 4. The molecule has 0 unspecified atom stereocenters. The Labute approximate surface area is 172 Å². The van der Waals surface area contributed by atoms with Crippen molar-refractivity contribution in [1.82, 2.24) is 25.4 Å². The van der Waals surface area contributed by atoms with Crippen molar-refractivity contribution in [1.29, 1.82) is 0 Å². The minimum Gasteiger partial charge on any atom is -0.356 e. The highest BCUT2D eigenvalue weighted by molar-refractivity contribution is 5.79. The van der Waals surface area contributed by atoms with Gasteiger partial charge in [-0.05, 0) is 37.0 Å². The lowest BCUT2D eigenvalue weighted by Gasteiger charge is -2.16. The number of nitrogens with one attached hydrogen (secondary N) is 2. The molecular weight excluding hydrogens is 400 g/mol. The van der Waals surface area contributed by atoms with Crippen LogP contribution in [-0.4, -0.2) is 34.3 Å². The van der Waals surface area contributed by atoms with Gasteiger partial charge in [0.1, 0.15) is 17.5 Å². The summed E-state index contributed by atoms with van der Waals surface area (Å²) in [5, 5.41) is 14.5. The molecule has 1 aliphatic heterocycles. The zero-order valence-corrected chi connectivity index (χ0v) is 16.9. The number of nitrogens with zero attached hydrogens (tertiary/aromatic N) is 4. The highest BCUT2D eigenvalue weighted by Gasteiger charge is 2.33. The summed E-state index contributed by atoms with van der Waals surface area (Å²) in [7, 11) is 1.54. The van der Waals surface area contributed by atoms with Gasteiger partial charge in [0, 0.05) is 39.5 Å². The first-order valence-corrected chi connectivity index (χ1v) is 10.1. The molecule has 0 fully saturated rings. The number of hydrogen-bond acceptors (Lipinski definition) is 3. The second-order valence-electron chi connectivity index (χ2n) is 7.25. The molecule has 2 aromatic rings. The first-order valence-electron chi connectivity index (χ1n) is 10.1. The van der Waals surface area contributed by atoms with Crippen LogP contribution in [0.15, 0.2) is 23.2 Å². The molecule has 0 bridgehead atoms. The predicted molar refractivity (Wildman–Crippen MR) is 106 cm³/mol. The number of alkyl halides is 3. The number of guanidine groups is 1. The monoisotopic (exact) mass is 426 g/mol. The Morgan fingerprint density at radius 1 is 1.17 bits per heavy atom. The fourth-order valence-electron chi connectivity index (χ4n) is 3.55. The zero-order chi connectivity index (χ0) is 21.6. The largest absolute Gasteiger partial charge is 0.416 e. The molecule has 0 spiro atoms. The minimum absolute atomic E-state index is 0.0435. The number of aliphatic imine (C=N–C) groups is 1. The quantitative estimate of drug-likeness (QED) is 0.321. The van der Waals surface area contributed by atoms with Gasteiger partial charge in [0.25, 0.3) is 0 Å². The van der Waals surface area contributed by atoms with Gasteiger partial charge < -0.3 is 15.2 Å². The van der Waals surface area contributed by atoms with Crippen molar-refractivity contribution < 1.29 is 17.6 Å². The molecule has 1 aliphatic rings. The summed E-state index contributed by atoms with van der Waals surface area (Å²) in [6.45, 7) is 1.41. The summed E-state index contributed by atoms with van der Waals surface area (Å²) in [4.78, 5) is 4.04. The fraction of sp³-hybridized carbons (Fsp3) is 0.550. The van der Waals surface area contributed by atoms with Crippen LogP contribution in [0.25, 0.3) is 0 Å². The molecule has 164 valence electrons. The second-order valence-corrected chi connectivity index (χ2v) is 7.25. The zero-order valence-electron chi connectivity index (χ0n) is 16.9. The number of rotatable bonds is 6. The summed E-state index contributed by atoms with van der Waals surface area (Å²) < 4.78 is 54.8. The SMILES string of the molecule is CN=C(NCCCc1nnc2n1CCCCC2)NCc1ccc(F)cc1C(F)(F)F. The van der Waals surface area contributed by atoms with Gasteiger partial charge in [0.15, 0.2) is 5.96 Å². The second kappa shape index (κ2) is 9.90. The minimum atomic E-state index is -4.62. The van der Waals surface area contributed by atoms with E-state index in [1.165, 1.54) is 6.42 Å². The predicted octanol–water partition coefficient (Wildman–Crippen LogP) is 3.46. The molecule has 10 heteroatoms. The van der Waals surface area contributed by atoms with E-state index >= 15 is 0 Å². The van der Waals surface area contributed by atoms with E-state index < -0.39 is 17.6 Å². The van der Waals surface area contributed by atoms with Gasteiger partial charge in [0.2, 0.25) is 0 Å². The van der Waals surface area contributed by atoms with Crippen molar-refractivity contribution in [2.75, 3.05) is 13.6 Å². The summed E-state index contributed by atoms with van der Waals surface area (Å²) in [6, 6.07) is 2.66. The molecule has 6 nitrogen and oxygen atoms in total. The highest BCUT2D eigenvalue weighted by Crippen LogP contribution is 2.32. The fourth-order valence-corrected chi connectivity index (χ4v) is 3.55. The smallest absolute Gasteiger partial charge is 0.356 e. The van der Waals surface area contributed by atoms with Crippen molar-refractivity contribution >= 4 is 5.96 Å². The normalized spacial score (nSPS) is 14.9. The number of fused-ring (bicyclic) bond motifs is 1. The summed E-state index contributed by atoms with van der Waals surface area (Å²) >= 11 is 0. The van der Waals surface area contributed by atoms with Gasteiger partial charge in [-0.15, -0.1) is 10.2 Å². The van der Waals surface area contributed by atoms with Crippen LogP contribution < -0.4 is 10.6 Å². The van der Waals surface area contributed by atoms with E-state index in [2.05, 4.69) is 30.4 Å². The Balaban J connectivity index is 1.49. The van der Waals surface area contributed by atoms with E-state index in [1.807, 2.05) is 0 Å². The third kappa shape index (κ3) is 5.70. The maximum Gasteiger partial charge on any atom is 0.416 e. The molecule has 0 saturated carbocycles. The van der Waals surface area contributed by atoms with Gasteiger partial charge in [-0.1, -0.05) is 12.5 Å². The van der Waals surface area contributed by atoms with Crippen molar-refractivity contribution in [3.05, 3.63) is 46.8 Å². The van der Waals surface area contributed by atoms with E-state index in [-0.39, 0.29) is 12.1 Å². The standard InChI is InChI=1S/C20H26F4N6/c1-25-19(27-13-14-8-9-15(21)12-16(14)20(22,23)24)26-10-5-7-18-29-28-17-6-3-2-4-11-30(17)18/h8-9,12H,2-7,10-11,13H2,1H3,(H2,25,26,27). The molecule has 1 aromatic heterocycles. The molecule has 3 rings (SSSR count). The Bertz CT molecular complexity index is 875. The highest BCUT2D eigenvalue weighted by atomic mass is 19.4. The molecular formula is C20H26F4N6. The average molecular weight is 426 g/mol. The molecule has 0 amide bonds. The van der Waals surface area contributed by atoms with Crippen molar-refractivity contribution in [3.8, 4) is 0 Å². The number of aryl methyl sites for hydroxylation is 2. The Kier molecular flexibility index (Phi) is 7.28. The van der Waals surface area contributed by atoms with Crippen LogP contribution in [0.2, 0.25) is 0 Å². The molecule has 0 saturated heterocycles. The van der Waals surface area contributed by atoms with Crippen LogP contribution in [0.4, 0.5) is 17.6 Å². The van der Waals surface area contributed by atoms with Gasteiger partial charge >= 0.3 is 6.18 Å². The Morgan fingerprint density at radius 3 is 2.77 bits per heavy atom. The average Bonchev–Trinajstić information content (AvgIpc) is 2.93. The lowest BCUT2D eigenvalue weighted by atomic mass is 10.1. The van der Waals surface area contributed by atoms with Gasteiger partial charge in [-0.25, -0.2) is 4.39 Å². The molecule has 0 radical (unpaired) electrons. The van der Waals surface area contributed by atoms with Crippen LogP contribution >= 0.6 is 0 Å². The van der Waals surface area contributed by atoms with Crippen molar-refractivity contribution in [2.45, 2.75) is 57.8 Å². The van der Waals surface area contributed by atoms with E-state index in [0.29, 0.717) is 18.6 Å². The van der Waals surface area contributed by atoms with Crippen LogP contribution in [0.3, 0.4) is 0 Å². The third-order valence-corrected chi connectivity index (χ3v) is 5.10. The first kappa shape index (κ1) is 22.0. The van der Waals surface area contributed by atoms with Gasteiger partial charge in [0.05, 0.1) is 5.56 Å². The van der Waals surface area contributed by atoms with E-state index in [0.717, 1.165) is 62.4 Å². The van der Waals surface area contributed by atoms with Crippen LogP contribution in [0, 0.1) is 5.82 Å². The lowest BCUT2D eigenvalue weighted by molar-refractivity contribution is -0.138. The Hall–Kier alpha value is -2.65. The van der Waals surface area contributed by atoms with Gasteiger partial charge in [-0.2, -0.15) is 13.2 Å². The summed E-state index contributed by atoms with van der Waals surface area (Å²) in [5.41, 5.74) is -1.03. The van der Waals surface area contributed by atoms with E-state index in [9.17, 15) is 17.6 Å². The van der Waals surface area contributed by atoms with Gasteiger partial charge in [-0.3, -0.25) is 4.99 Å².